The van der Waals surface area contributed by atoms with Crippen LogP contribution in [0.15, 0.2) is 60.7 Å². The van der Waals surface area contributed by atoms with Crippen molar-refractivity contribution in [3.63, 3.8) is 0 Å². The van der Waals surface area contributed by atoms with E-state index in [2.05, 4.69) is 27.8 Å². The van der Waals surface area contributed by atoms with Crippen LogP contribution in [0, 0.1) is 6.92 Å². The summed E-state index contributed by atoms with van der Waals surface area (Å²) in [4.78, 5) is 27.3. The molecule has 0 saturated heterocycles. The minimum absolute atomic E-state index is 0.0536. The number of rotatable bonds is 7. The molecule has 0 unspecified atom stereocenters. The van der Waals surface area contributed by atoms with Gasteiger partial charge in [-0.15, -0.1) is 0 Å². The van der Waals surface area contributed by atoms with Gasteiger partial charge in [0.25, 0.3) is 0 Å². The Morgan fingerprint density at radius 3 is 2.46 bits per heavy atom. The standard InChI is InChI=1S/C23H25N3O2/c1-3-22(27)25-19-10-9-16(2)21(15-19)26-23(28)14-12-18-11-13-20(24-18)17-7-5-4-6-8-17/h4-11,13,15,24H,3,12,14H2,1-2H3,(H,25,27)(H,26,28). The van der Waals surface area contributed by atoms with E-state index >= 15 is 0 Å². The highest BCUT2D eigenvalue weighted by atomic mass is 16.2. The topological polar surface area (TPSA) is 74.0 Å². The van der Waals surface area contributed by atoms with Crippen LogP contribution in [0.1, 0.15) is 31.0 Å². The van der Waals surface area contributed by atoms with Crippen LogP contribution < -0.4 is 10.6 Å². The third-order valence-corrected chi connectivity index (χ3v) is 4.57. The third kappa shape index (κ3) is 5.10. The Kier molecular flexibility index (Phi) is 6.27. The summed E-state index contributed by atoms with van der Waals surface area (Å²) in [5, 5.41) is 5.76. The molecule has 28 heavy (non-hydrogen) atoms. The van der Waals surface area contributed by atoms with Crippen molar-refractivity contribution < 1.29 is 9.59 Å². The first-order valence-electron chi connectivity index (χ1n) is 9.49. The second kappa shape index (κ2) is 9.04. The van der Waals surface area contributed by atoms with Crippen molar-refractivity contribution in [3.05, 3.63) is 71.9 Å². The van der Waals surface area contributed by atoms with Crippen LogP contribution in [0.25, 0.3) is 11.3 Å². The smallest absolute Gasteiger partial charge is 0.224 e. The lowest BCUT2D eigenvalue weighted by molar-refractivity contribution is -0.116. The van der Waals surface area contributed by atoms with Crippen molar-refractivity contribution in [2.75, 3.05) is 10.6 Å². The first-order valence-corrected chi connectivity index (χ1v) is 9.49. The van der Waals surface area contributed by atoms with Gasteiger partial charge < -0.3 is 15.6 Å². The molecule has 0 saturated carbocycles. The number of nitrogens with one attached hydrogen (secondary N) is 3. The van der Waals surface area contributed by atoms with E-state index in [9.17, 15) is 9.59 Å². The second-order valence-corrected chi connectivity index (χ2v) is 6.74. The molecule has 0 radical (unpaired) electrons. The van der Waals surface area contributed by atoms with Gasteiger partial charge in [-0.25, -0.2) is 0 Å². The normalized spacial score (nSPS) is 10.5. The zero-order valence-electron chi connectivity index (χ0n) is 16.2. The third-order valence-electron chi connectivity index (χ3n) is 4.57. The molecule has 1 heterocycles. The summed E-state index contributed by atoms with van der Waals surface area (Å²) in [5.41, 5.74) is 5.55. The quantitative estimate of drug-likeness (QED) is 0.549. The van der Waals surface area contributed by atoms with Crippen LogP contribution in [0.3, 0.4) is 0 Å². The van der Waals surface area contributed by atoms with Gasteiger partial charge in [0, 0.05) is 35.6 Å². The lowest BCUT2D eigenvalue weighted by Gasteiger charge is -2.11. The van der Waals surface area contributed by atoms with Crippen molar-refractivity contribution in [3.8, 4) is 11.3 Å². The van der Waals surface area contributed by atoms with E-state index < -0.39 is 0 Å². The Labute approximate surface area is 165 Å². The van der Waals surface area contributed by atoms with E-state index in [1.54, 1.807) is 13.0 Å². The summed E-state index contributed by atoms with van der Waals surface area (Å²) in [6, 6.07) is 19.7. The second-order valence-electron chi connectivity index (χ2n) is 6.74. The zero-order valence-corrected chi connectivity index (χ0v) is 16.2. The molecule has 0 aliphatic rings. The number of aryl methyl sites for hydroxylation is 2. The number of aromatic nitrogens is 1. The van der Waals surface area contributed by atoms with Gasteiger partial charge in [-0.05, 0) is 48.7 Å². The number of hydrogen-bond donors (Lipinski definition) is 3. The lowest BCUT2D eigenvalue weighted by atomic mass is 10.1. The molecule has 1 aromatic heterocycles. The number of anilines is 2. The minimum atomic E-state index is -0.0575. The molecule has 3 N–H and O–H groups in total. The Hall–Kier alpha value is -3.34. The molecular weight excluding hydrogens is 350 g/mol. The summed E-state index contributed by atoms with van der Waals surface area (Å²) in [5.74, 6) is -0.111. The van der Waals surface area contributed by atoms with Crippen molar-refractivity contribution >= 4 is 23.2 Å². The monoisotopic (exact) mass is 375 g/mol. The van der Waals surface area contributed by atoms with Gasteiger partial charge >= 0.3 is 0 Å². The Morgan fingerprint density at radius 1 is 0.929 bits per heavy atom. The maximum absolute atomic E-state index is 12.4. The fraction of sp³-hybridized carbons (Fsp3) is 0.217. The van der Waals surface area contributed by atoms with E-state index in [0.29, 0.717) is 24.9 Å². The van der Waals surface area contributed by atoms with Crippen LogP contribution in [0.2, 0.25) is 0 Å². The fourth-order valence-electron chi connectivity index (χ4n) is 2.92. The molecule has 0 fully saturated rings. The summed E-state index contributed by atoms with van der Waals surface area (Å²) < 4.78 is 0. The van der Waals surface area contributed by atoms with Gasteiger partial charge in [-0.2, -0.15) is 0 Å². The molecule has 5 nitrogen and oxygen atoms in total. The lowest BCUT2D eigenvalue weighted by Crippen LogP contribution is -2.14. The average molecular weight is 375 g/mol. The molecule has 0 atom stereocenters. The number of carbonyl (C=O) groups is 2. The SMILES string of the molecule is CCC(=O)Nc1ccc(C)c(NC(=O)CCc2ccc(-c3ccccc3)[nH]2)c1. The van der Waals surface area contributed by atoms with Gasteiger partial charge in [0.15, 0.2) is 0 Å². The Morgan fingerprint density at radius 2 is 1.71 bits per heavy atom. The molecule has 5 heteroatoms. The summed E-state index contributed by atoms with van der Waals surface area (Å²) in [6.07, 6.45) is 1.42. The molecule has 3 aromatic rings. The first-order chi connectivity index (χ1) is 13.5. The predicted molar refractivity (Wildman–Crippen MR) is 113 cm³/mol. The van der Waals surface area contributed by atoms with Gasteiger partial charge in [0.1, 0.15) is 0 Å². The first kappa shape index (κ1) is 19.4. The molecule has 0 aliphatic heterocycles. The van der Waals surface area contributed by atoms with Gasteiger partial charge in [-0.1, -0.05) is 43.3 Å². The molecule has 144 valence electrons. The van der Waals surface area contributed by atoms with Gasteiger partial charge in [-0.3, -0.25) is 9.59 Å². The predicted octanol–water partition coefficient (Wildman–Crippen LogP) is 4.91. The maximum atomic E-state index is 12.4. The van der Waals surface area contributed by atoms with Gasteiger partial charge in [0.2, 0.25) is 11.8 Å². The van der Waals surface area contributed by atoms with Crippen molar-refractivity contribution in [1.29, 1.82) is 0 Å². The molecule has 2 aromatic carbocycles. The summed E-state index contributed by atoms with van der Waals surface area (Å²) >= 11 is 0. The number of carbonyl (C=O) groups excluding carboxylic acids is 2. The van der Waals surface area contributed by atoms with Crippen molar-refractivity contribution in [2.24, 2.45) is 0 Å². The van der Waals surface area contributed by atoms with E-state index in [4.69, 9.17) is 0 Å². The molecule has 0 bridgehead atoms. The number of amides is 2. The molecule has 0 spiro atoms. The van der Waals surface area contributed by atoms with E-state index in [-0.39, 0.29) is 11.8 Å². The largest absolute Gasteiger partial charge is 0.358 e. The van der Waals surface area contributed by atoms with Crippen molar-refractivity contribution in [1.82, 2.24) is 4.98 Å². The van der Waals surface area contributed by atoms with Crippen LogP contribution in [-0.4, -0.2) is 16.8 Å². The van der Waals surface area contributed by atoms with Gasteiger partial charge in [0.05, 0.1) is 0 Å². The minimum Gasteiger partial charge on any atom is -0.358 e. The number of hydrogen-bond acceptors (Lipinski definition) is 2. The fourth-order valence-corrected chi connectivity index (χ4v) is 2.92. The molecule has 3 rings (SSSR count). The molecule has 2 amide bonds. The summed E-state index contributed by atoms with van der Waals surface area (Å²) in [6.45, 7) is 3.73. The number of benzene rings is 2. The van der Waals surface area contributed by atoms with E-state index in [0.717, 1.165) is 28.2 Å². The molecular formula is C23H25N3O2. The number of aromatic amines is 1. The van der Waals surface area contributed by atoms with Crippen molar-refractivity contribution in [2.45, 2.75) is 33.1 Å². The van der Waals surface area contributed by atoms with Crippen LogP contribution in [0.5, 0.6) is 0 Å². The highest BCUT2D eigenvalue weighted by Crippen LogP contribution is 2.22. The van der Waals surface area contributed by atoms with E-state index in [1.165, 1.54) is 0 Å². The molecule has 0 aliphatic carbocycles. The Bertz CT molecular complexity index is 961. The average Bonchev–Trinajstić information content (AvgIpc) is 3.18. The zero-order chi connectivity index (χ0) is 19.9. The highest BCUT2D eigenvalue weighted by Gasteiger charge is 2.09. The van der Waals surface area contributed by atoms with Crippen LogP contribution in [-0.2, 0) is 16.0 Å². The van der Waals surface area contributed by atoms with Crippen LogP contribution >= 0.6 is 0 Å². The van der Waals surface area contributed by atoms with E-state index in [1.807, 2.05) is 49.4 Å². The van der Waals surface area contributed by atoms with Crippen LogP contribution in [0.4, 0.5) is 11.4 Å². The summed E-state index contributed by atoms with van der Waals surface area (Å²) in [7, 11) is 0. The highest BCUT2D eigenvalue weighted by molar-refractivity contribution is 5.94. The number of H-pyrrole nitrogens is 1. The Balaban J connectivity index is 1.58. The maximum Gasteiger partial charge on any atom is 0.224 e.